The molecule has 0 saturated carbocycles. The van der Waals surface area contributed by atoms with Gasteiger partial charge in [0, 0.05) is 45.2 Å². The molecule has 1 aromatic carbocycles. The standard InChI is InChI=1S/C20H24N4O5/c1-14(20(28)22-17-5-3-16(13-21)4-6-17)29-19(27)8-7-18(26)24-11-9-23(10-12-24)15(2)25/h3-6,14H,7-12H2,1-2H3,(H,22,28)/t14-/m1/s1. The Labute approximate surface area is 169 Å². The number of nitrogens with one attached hydrogen (secondary N) is 1. The van der Waals surface area contributed by atoms with Gasteiger partial charge in [-0.25, -0.2) is 0 Å². The molecule has 1 N–H and O–H groups in total. The van der Waals surface area contributed by atoms with Crippen molar-refractivity contribution in [1.29, 1.82) is 5.26 Å². The molecule has 0 bridgehead atoms. The van der Waals surface area contributed by atoms with Crippen molar-refractivity contribution in [2.45, 2.75) is 32.8 Å². The Bertz CT molecular complexity index is 807. The topological polar surface area (TPSA) is 120 Å². The van der Waals surface area contributed by atoms with Gasteiger partial charge in [-0.2, -0.15) is 5.26 Å². The van der Waals surface area contributed by atoms with Crippen LogP contribution in [0.4, 0.5) is 5.69 Å². The smallest absolute Gasteiger partial charge is 0.307 e. The maximum Gasteiger partial charge on any atom is 0.307 e. The Morgan fingerprint density at radius 3 is 2.21 bits per heavy atom. The molecule has 0 spiro atoms. The van der Waals surface area contributed by atoms with Crippen molar-refractivity contribution < 1.29 is 23.9 Å². The largest absolute Gasteiger partial charge is 0.453 e. The highest BCUT2D eigenvalue weighted by Crippen LogP contribution is 2.11. The minimum absolute atomic E-state index is 0.0110. The van der Waals surface area contributed by atoms with Crippen LogP contribution >= 0.6 is 0 Å². The van der Waals surface area contributed by atoms with E-state index in [-0.39, 0.29) is 24.7 Å². The van der Waals surface area contributed by atoms with Gasteiger partial charge in [-0.05, 0) is 31.2 Å². The van der Waals surface area contributed by atoms with Gasteiger partial charge >= 0.3 is 5.97 Å². The molecule has 154 valence electrons. The highest BCUT2D eigenvalue weighted by atomic mass is 16.5. The Morgan fingerprint density at radius 2 is 1.66 bits per heavy atom. The molecule has 1 fully saturated rings. The van der Waals surface area contributed by atoms with E-state index in [0.717, 1.165) is 0 Å². The van der Waals surface area contributed by atoms with Crippen LogP contribution in [0.15, 0.2) is 24.3 Å². The second-order valence-corrected chi connectivity index (χ2v) is 6.70. The zero-order valence-corrected chi connectivity index (χ0v) is 16.5. The SMILES string of the molecule is CC(=O)N1CCN(C(=O)CCC(=O)O[C@H](C)C(=O)Nc2ccc(C#N)cc2)CC1. The summed E-state index contributed by atoms with van der Waals surface area (Å²) in [5.41, 5.74) is 0.951. The average molecular weight is 400 g/mol. The van der Waals surface area contributed by atoms with E-state index < -0.39 is 18.0 Å². The summed E-state index contributed by atoms with van der Waals surface area (Å²) in [6.45, 7) is 4.79. The predicted molar refractivity (Wildman–Crippen MR) is 103 cm³/mol. The van der Waals surface area contributed by atoms with Gasteiger partial charge in [-0.3, -0.25) is 19.2 Å². The monoisotopic (exact) mass is 400 g/mol. The van der Waals surface area contributed by atoms with E-state index in [1.54, 1.807) is 34.1 Å². The minimum Gasteiger partial charge on any atom is -0.453 e. The number of carbonyl (C=O) groups is 4. The molecule has 9 heteroatoms. The van der Waals surface area contributed by atoms with Crippen molar-refractivity contribution in [3.63, 3.8) is 0 Å². The van der Waals surface area contributed by atoms with Crippen LogP contribution in [0, 0.1) is 11.3 Å². The molecule has 1 aliphatic rings. The number of esters is 1. The van der Waals surface area contributed by atoms with E-state index in [1.807, 2.05) is 6.07 Å². The van der Waals surface area contributed by atoms with Gasteiger partial charge in [-0.1, -0.05) is 0 Å². The van der Waals surface area contributed by atoms with Crippen LogP contribution in [0.2, 0.25) is 0 Å². The van der Waals surface area contributed by atoms with Crippen LogP contribution in [0.3, 0.4) is 0 Å². The van der Waals surface area contributed by atoms with E-state index in [1.165, 1.54) is 13.8 Å². The number of nitrogens with zero attached hydrogens (tertiary/aromatic N) is 3. The molecule has 3 amide bonds. The Kier molecular flexibility index (Phi) is 7.71. The first-order chi connectivity index (χ1) is 13.8. The van der Waals surface area contributed by atoms with Crippen molar-refractivity contribution in [3.05, 3.63) is 29.8 Å². The predicted octanol–water partition coefficient (Wildman–Crippen LogP) is 0.899. The Hall–Kier alpha value is -3.41. The fraction of sp³-hybridized carbons (Fsp3) is 0.450. The number of hydrogen-bond acceptors (Lipinski definition) is 6. The number of amides is 3. The fourth-order valence-corrected chi connectivity index (χ4v) is 2.82. The van der Waals surface area contributed by atoms with Crippen molar-refractivity contribution >= 4 is 29.4 Å². The van der Waals surface area contributed by atoms with Gasteiger partial charge in [0.15, 0.2) is 6.10 Å². The van der Waals surface area contributed by atoms with Gasteiger partial charge in [-0.15, -0.1) is 0 Å². The number of rotatable bonds is 6. The molecule has 29 heavy (non-hydrogen) atoms. The van der Waals surface area contributed by atoms with Gasteiger partial charge in [0.1, 0.15) is 0 Å². The van der Waals surface area contributed by atoms with E-state index >= 15 is 0 Å². The van der Waals surface area contributed by atoms with E-state index in [9.17, 15) is 19.2 Å². The molecule has 0 aliphatic carbocycles. The second-order valence-electron chi connectivity index (χ2n) is 6.70. The highest BCUT2D eigenvalue weighted by Gasteiger charge is 2.24. The lowest BCUT2D eigenvalue weighted by Crippen LogP contribution is -2.50. The van der Waals surface area contributed by atoms with Crippen molar-refractivity contribution in [2.75, 3.05) is 31.5 Å². The summed E-state index contributed by atoms with van der Waals surface area (Å²) in [5.74, 6) is -1.34. The number of anilines is 1. The molecule has 1 saturated heterocycles. The molecule has 0 unspecified atom stereocenters. The summed E-state index contributed by atoms with van der Waals surface area (Å²) < 4.78 is 5.09. The lowest BCUT2D eigenvalue weighted by atomic mass is 10.2. The van der Waals surface area contributed by atoms with E-state index in [2.05, 4.69) is 5.32 Å². The first kappa shape index (κ1) is 21.9. The zero-order chi connectivity index (χ0) is 21.4. The van der Waals surface area contributed by atoms with Crippen LogP contribution in [0.25, 0.3) is 0 Å². The van der Waals surface area contributed by atoms with Crippen LogP contribution in [-0.4, -0.2) is 65.8 Å². The number of benzene rings is 1. The molecular weight excluding hydrogens is 376 g/mol. The minimum atomic E-state index is -1.02. The van der Waals surface area contributed by atoms with Crippen molar-refractivity contribution in [2.24, 2.45) is 0 Å². The second kappa shape index (κ2) is 10.2. The summed E-state index contributed by atoms with van der Waals surface area (Å²) in [6, 6.07) is 8.26. The van der Waals surface area contributed by atoms with Gasteiger partial charge in [0.25, 0.3) is 5.91 Å². The molecule has 9 nitrogen and oxygen atoms in total. The summed E-state index contributed by atoms with van der Waals surface area (Å²) in [6.07, 6.45) is -1.16. The number of hydrogen-bond donors (Lipinski definition) is 1. The third-order valence-corrected chi connectivity index (χ3v) is 4.58. The number of carbonyl (C=O) groups excluding carboxylic acids is 4. The summed E-state index contributed by atoms with van der Waals surface area (Å²) in [5, 5.41) is 11.4. The molecular formula is C20H24N4O5. The molecule has 0 radical (unpaired) electrons. The number of piperazine rings is 1. The quantitative estimate of drug-likeness (QED) is 0.709. The van der Waals surface area contributed by atoms with Crippen LogP contribution in [0.5, 0.6) is 0 Å². The lowest BCUT2D eigenvalue weighted by Gasteiger charge is -2.34. The molecule has 1 aromatic rings. The fourth-order valence-electron chi connectivity index (χ4n) is 2.82. The van der Waals surface area contributed by atoms with Gasteiger partial charge in [0.2, 0.25) is 11.8 Å². The number of ether oxygens (including phenoxy) is 1. The zero-order valence-electron chi connectivity index (χ0n) is 16.5. The van der Waals surface area contributed by atoms with Crippen molar-refractivity contribution in [1.82, 2.24) is 9.80 Å². The molecule has 1 heterocycles. The maximum absolute atomic E-state index is 12.2. The van der Waals surface area contributed by atoms with Crippen LogP contribution < -0.4 is 5.32 Å². The molecule has 2 rings (SSSR count). The molecule has 1 aliphatic heterocycles. The normalized spacial score (nSPS) is 14.5. The number of nitriles is 1. The lowest BCUT2D eigenvalue weighted by molar-refractivity contribution is -0.154. The average Bonchev–Trinajstić information content (AvgIpc) is 2.72. The maximum atomic E-state index is 12.2. The highest BCUT2D eigenvalue weighted by molar-refractivity contribution is 5.95. The summed E-state index contributed by atoms with van der Waals surface area (Å²) in [7, 11) is 0. The van der Waals surface area contributed by atoms with Gasteiger partial charge in [0.05, 0.1) is 18.1 Å². The first-order valence-corrected chi connectivity index (χ1v) is 9.34. The Morgan fingerprint density at radius 1 is 1.07 bits per heavy atom. The Balaban J connectivity index is 1.72. The van der Waals surface area contributed by atoms with Crippen molar-refractivity contribution in [3.8, 4) is 6.07 Å². The summed E-state index contributed by atoms with van der Waals surface area (Å²) in [4.78, 5) is 50.9. The third-order valence-electron chi connectivity index (χ3n) is 4.58. The van der Waals surface area contributed by atoms with E-state index in [0.29, 0.717) is 37.4 Å². The summed E-state index contributed by atoms with van der Waals surface area (Å²) >= 11 is 0. The van der Waals surface area contributed by atoms with Crippen LogP contribution in [0.1, 0.15) is 32.3 Å². The van der Waals surface area contributed by atoms with Crippen LogP contribution in [-0.2, 0) is 23.9 Å². The third kappa shape index (κ3) is 6.60. The van der Waals surface area contributed by atoms with Gasteiger partial charge < -0.3 is 19.9 Å². The first-order valence-electron chi connectivity index (χ1n) is 9.34. The molecule has 1 atom stereocenters. The molecule has 0 aromatic heterocycles. The van der Waals surface area contributed by atoms with E-state index in [4.69, 9.17) is 10.00 Å².